The number of terminal acetylenes is 1. The quantitative estimate of drug-likeness (QED) is 0.375. The molecule has 0 aromatic carbocycles. The van der Waals surface area contributed by atoms with Crippen LogP contribution >= 0.6 is 0 Å². The molecule has 29 heavy (non-hydrogen) atoms. The van der Waals surface area contributed by atoms with E-state index in [0.29, 0.717) is 0 Å². The molecule has 156 valence electrons. The molecule has 1 saturated heterocycles. The van der Waals surface area contributed by atoms with Crippen molar-refractivity contribution in [2.24, 2.45) is 0 Å². The van der Waals surface area contributed by atoms with Crippen molar-refractivity contribution in [2.75, 3.05) is 6.61 Å². The summed E-state index contributed by atoms with van der Waals surface area (Å²) in [5.41, 5.74) is -3.18. The Morgan fingerprint density at radius 3 is 2.34 bits per heavy atom. The van der Waals surface area contributed by atoms with Crippen LogP contribution in [0.5, 0.6) is 0 Å². The van der Waals surface area contributed by atoms with E-state index < -0.39 is 59.8 Å². The molecule has 11 nitrogen and oxygen atoms in total. The molecule has 4 atom stereocenters. The number of carbonyl (C=O) groups excluding carboxylic acids is 3. The van der Waals surface area contributed by atoms with Crippen LogP contribution in [0.4, 0.5) is 0 Å². The van der Waals surface area contributed by atoms with Crippen molar-refractivity contribution in [3.8, 4) is 12.3 Å². The van der Waals surface area contributed by atoms with Gasteiger partial charge in [-0.15, -0.1) is 6.42 Å². The van der Waals surface area contributed by atoms with Gasteiger partial charge in [-0.2, -0.15) is 0 Å². The van der Waals surface area contributed by atoms with Crippen LogP contribution in [-0.2, 0) is 33.3 Å². The van der Waals surface area contributed by atoms with Crippen molar-refractivity contribution in [1.29, 1.82) is 0 Å². The van der Waals surface area contributed by atoms with Crippen LogP contribution in [0.3, 0.4) is 0 Å². The lowest BCUT2D eigenvalue weighted by atomic mass is 9.96. The molecule has 0 bridgehead atoms. The van der Waals surface area contributed by atoms with Crippen molar-refractivity contribution in [1.82, 2.24) is 9.55 Å². The third-order valence-corrected chi connectivity index (χ3v) is 4.12. The lowest BCUT2D eigenvalue weighted by Crippen LogP contribution is -2.49. The van der Waals surface area contributed by atoms with Gasteiger partial charge in [-0.1, -0.05) is 5.92 Å². The normalized spacial score (nSPS) is 25.7. The summed E-state index contributed by atoms with van der Waals surface area (Å²) in [6.07, 6.45) is 2.64. The number of rotatable bonds is 5. The summed E-state index contributed by atoms with van der Waals surface area (Å²) in [5.74, 6) is 0.0531. The number of aromatic amines is 1. The van der Waals surface area contributed by atoms with E-state index >= 15 is 0 Å². The third kappa shape index (κ3) is 4.55. The number of ether oxygens (including phenoxy) is 4. The summed E-state index contributed by atoms with van der Waals surface area (Å²) in [7, 11) is 0. The van der Waals surface area contributed by atoms with Gasteiger partial charge >= 0.3 is 23.6 Å². The molecule has 0 amide bonds. The van der Waals surface area contributed by atoms with Crippen LogP contribution < -0.4 is 11.2 Å². The fourth-order valence-electron chi connectivity index (χ4n) is 2.89. The van der Waals surface area contributed by atoms with Crippen LogP contribution in [0.25, 0.3) is 0 Å². The zero-order valence-electron chi connectivity index (χ0n) is 16.2. The lowest BCUT2D eigenvalue weighted by molar-refractivity contribution is -0.169. The molecule has 0 saturated carbocycles. The van der Waals surface area contributed by atoms with Gasteiger partial charge in [0.05, 0.1) is 0 Å². The zero-order chi connectivity index (χ0) is 21.9. The van der Waals surface area contributed by atoms with E-state index in [4.69, 9.17) is 25.4 Å². The van der Waals surface area contributed by atoms with Gasteiger partial charge in [0.25, 0.3) is 5.56 Å². The second-order valence-corrected chi connectivity index (χ2v) is 6.41. The Bertz CT molecular complexity index is 986. The number of hydrogen-bond donors (Lipinski definition) is 1. The number of carbonyl (C=O) groups is 3. The van der Waals surface area contributed by atoms with Gasteiger partial charge in [0.2, 0.25) is 5.60 Å². The van der Waals surface area contributed by atoms with Crippen LogP contribution in [0.2, 0.25) is 0 Å². The van der Waals surface area contributed by atoms with Crippen molar-refractivity contribution in [3.05, 3.63) is 32.6 Å². The highest BCUT2D eigenvalue weighted by molar-refractivity contribution is 5.68. The van der Waals surface area contributed by atoms with Crippen molar-refractivity contribution < 1.29 is 33.3 Å². The van der Waals surface area contributed by atoms with Crippen LogP contribution in [0, 0.1) is 19.3 Å². The van der Waals surface area contributed by atoms with Gasteiger partial charge in [-0.05, 0) is 6.92 Å². The minimum absolute atomic E-state index is 0.164. The predicted octanol–water partition coefficient (Wildman–Crippen LogP) is -0.828. The molecular weight excluding hydrogens is 388 g/mol. The molecule has 0 aliphatic carbocycles. The Labute approximate surface area is 164 Å². The monoisotopic (exact) mass is 408 g/mol. The molecule has 1 aliphatic heterocycles. The summed E-state index contributed by atoms with van der Waals surface area (Å²) < 4.78 is 22.2. The van der Waals surface area contributed by atoms with Gasteiger partial charge < -0.3 is 18.9 Å². The summed E-state index contributed by atoms with van der Waals surface area (Å²) in [4.78, 5) is 60.8. The first kappa shape index (κ1) is 21.9. The second-order valence-electron chi connectivity index (χ2n) is 6.41. The van der Waals surface area contributed by atoms with E-state index in [1.54, 1.807) is 0 Å². The van der Waals surface area contributed by atoms with Crippen LogP contribution in [-0.4, -0.2) is 51.9 Å². The number of aryl methyl sites for hydroxylation is 1. The zero-order valence-corrected chi connectivity index (χ0v) is 16.2. The molecule has 0 radical (unpaired) electrons. The molecule has 2 rings (SSSR count). The highest BCUT2D eigenvalue weighted by atomic mass is 16.7. The molecule has 0 spiro atoms. The van der Waals surface area contributed by atoms with Crippen LogP contribution in [0.15, 0.2) is 15.8 Å². The Morgan fingerprint density at radius 1 is 1.21 bits per heavy atom. The van der Waals surface area contributed by atoms with Crippen molar-refractivity contribution >= 4 is 17.9 Å². The maximum absolute atomic E-state index is 12.3. The summed E-state index contributed by atoms with van der Waals surface area (Å²) >= 11 is 0. The van der Waals surface area contributed by atoms with Gasteiger partial charge in [0, 0.05) is 32.5 Å². The van der Waals surface area contributed by atoms with Gasteiger partial charge in [0.1, 0.15) is 6.61 Å². The number of aromatic nitrogens is 2. The predicted molar refractivity (Wildman–Crippen MR) is 95.5 cm³/mol. The standard InChI is InChI=1S/C18H20N2O9/c1-6-18(8-26-10(3)21)14(28-12(5)23)13(27-11(4)22)16(29-18)20-7-9(2)15(24)19-17(20)25/h1,7,13-14,16H,8H2,2-5H3,(H,19,24,25)/t13-,14-,16+,18+/m0/s1. The summed E-state index contributed by atoms with van der Waals surface area (Å²) in [5, 5.41) is 0. The largest absolute Gasteiger partial charge is 0.462 e. The second kappa shape index (κ2) is 8.32. The molecule has 1 aromatic rings. The van der Waals surface area contributed by atoms with Crippen molar-refractivity contribution in [2.45, 2.75) is 51.7 Å². The van der Waals surface area contributed by atoms with Crippen molar-refractivity contribution in [3.63, 3.8) is 0 Å². The summed E-state index contributed by atoms with van der Waals surface area (Å²) in [6.45, 7) is 4.24. The van der Waals surface area contributed by atoms with E-state index in [9.17, 15) is 24.0 Å². The number of nitrogens with zero attached hydrogens (tertiary/aromatic N) is 1. The van der Waals surface area contributed by atoms with Crippen LogP contribution in [0.1, 0.15) is 32.6 Å². The Balaban J connectivity index is 2.64. The topological polar surface area (TPSA) is 143 Å². The minimum atomic E-state index is -1.86. The van der Waals surface area contributed by atoms with E-state index in [0.717, 1.165) is 25.3 Å². The lowest BCUT2D eigenvalue weighted by Gasteiger charge is -2.28. The molecule has 1 fully saturated rings. The first-order valence-electron chi connectivity index (χ1n) is 8.46. The average Bonchev–Trinajstić information content (AvgIpc) is 2.89. The number of nitrogens with one attached hydrogen (secondary N) is 1. The third-order valence-electron chi connectivity index (χ3n) is 4.12. The van der Waals surface area contributed by atoms with E-state index in [1.165, 1.54) is 13.1 Å². The molecule has 2 heterocycles. The Hall–Kier alpha value is -3.39. The maximum atomic E-state index is 12.3. The summed E-state index contributed by atoms with van der Waals surface area (Å²) in [6, 6.07) is 0. The first-order valence-corrected chi connectivity index (χ1v) is 8.46. The molecule has 1 N–H and O–H groups in total. The maximum Gasteiger partial charge on any atom is 0.330 e. The molecular formula is C18H20N2O9. The van der Waals surface area contributed by atoms with Gasteiger partial charge in [-0.25, -0.2) is 4.79 Å². The van der Waals surface area contributed by atoms with Gasteiger partial charge in [0.15, 0.2) is 18.4 Å². The van der Waals surface area contributed by atoms with E-state index in [1.807, 2.05) is 0 Å². The Kier molecular flexibility index (Phi) is 6.28. The fourth-order valence-corrected chi connectivity index (χ4v) is 2.89. The smallest absolute Gasteiger partial charge is 0.330 e. The average molecular weight is 408 g/mol. The molecule has 1 aromatic heterocycles. The SMILES string of the molecule is C#C[C@]1(COC(C)=O)O[C@@H](n2cc(C)c(=O)[nH]c2=O)[C@@H](OC(C)=O)[C@@H]1OC(C)=O. The van der Waals surface area contributed by atoms with Gasteiger partial charge in [-0.3, -0.25) is 28.7 Å². The Morgan fingerprint density at radius 2 is 1.83 bits per heavy atom. The van der Waals surface area contributed by atoms with E-state index in [2.05, 4.69) is 10.9 Å². The highest BCUT2D eigenvalue weighted by Gasteiger charge is 2.60. The first-order chi connectivity index (χ1) is 13.5. The number of H-pyrrole nitrogens is 1. The fraction of sp³-hybridized carbons (Fsp3) is 0.500. The molecule has 0 unspecified atom stereocenters. The molecule has 11 heteroatoms. The molecule has 1 aliphatic rings. The number of esters is 3. The minimum Gasteiger partial charge on any atom is -0.462 e. The van der Waals surface area contributed by atoms with E-state index in [-0.39, 0.29) is 5.56 Å². The highest BCUT2D eigenvalue weighted by Crippen LogP contribution is 2.40. The number of hydrogen-bond acceptors (Lipinski definition) is 9.